The highest BCUT2D eigenvalue weighted by molar-refractivity contribution is 5.95. The molecule has 26 heavy (non-hydrogen) atoms. The zero-order valence-corrected chi connectivity index (χ0v) is 15.2. The average Bonchev–Trinajstić information content (AvgIpc) is 2.99. The van der Waals surface area contributed by atoms with Gasteiger partial charge in [0, 0.05) is 36.1 Å². The van der Waals surface area contributed by atoms with Crippen LogP contribution in [0.4, 0.5) is 0 Å². The molecule has 0 radical (unpaired) electrons. The number of aryl methyl sites for hydroxylation is 2. The van der Waals surface area contributed by atoms with E-state index in [1.165, 1.54) is 0 Å². The lowest BCUT2D eigenvalue weighted by molar-refractivity contribution is 0.0784. The molecule has 0 fully saturated rings. The average molecular weight is 352 g/mol. The monoisotopic (exact) mass is 352 g/mol. The molecule has 0 aliphatic rings. The van der Waals surface area contributed by atoms with E-state index >= 15 is 0 Å². The Balaban J connectivity index is 1.86. The van der Waals surface area contributed by atoms with E-state index in [2.05, 4.69) is 15.1 Å². The number of nitrogens with zero attached hydrogens (tertiary/aromatic N) is 4. The first kappa shape index (κ1) is 17.6. The van der Waals surface area contributed by atoms with Crippen LogP contribution in [0, 0.1) is 13.8 Å². The summed E-state index contributed by atoms with van der Waals surface area (Å²) in [6.07, 6.45) is 3.16. The molecule has 0 aliphatic carbocycles. The zero-order valence-electron chi connectivity index (χ0n) is 15.2. The minimum atomic E-state index is -0.102. The second kappa shape index (κ2) is 7.35. The van der Waals surface area contributed by atoms with Gasteiger partial charge in [-0.2, -0.15) is 0 Å². The molecule has 0 aliphatic heterocycles. The first-order chi connectivity index (χ1) is 12.5. The zero-order chi connectivity index (χ0) is 18.7. The lowest BCUT2D eigenvalue weighted by Crippen LogP contribution is -2.26. The van der Waals surface area contributed by atoms with Crippen LogP contribution in [0.25, 0.3) is 11.3 Å². The van der Waals surface area contributed by atoms with Crippen molar-refractivity contribution in [1.29, 1.82) is 0 Å². The van der Waals surface area contributed by atoms with E-state index in [0.717, 1.165) is 22.6 Å². The summed E-state index contributed by atoms with van der Waals surface area (Å²) in [4.78, 5) is 22.9. The molecule has 134 valence electrons. The third-order valence-corrected chi connectivity index (χ3v) is 4.16. The number of ether oxygens (including phenoxy) is 1. The van der Waals surface area contributed by atoms with Gasteiger partial charge in [-0.1, -0.05) is 17.3 Å². The number of amides is 1. The normalized spacial score (nSPS) is 10.6. The molecular formula is C19H20N4O3. The summed E-state index contributed by atoms with van der Waals surface area (Å²) in [5, 5.41) is 3.93. The lowest BCUT2D eigenvalue weighted by Gasteiger charge is -2.17. The minimum Gasteiger partial charge on any atom is -0.479 e. The van der Waals surface area contributed by atoms with Gasteiger partial charge in [-0.05, 0) is 26.0 Å². The quantitative estimate of drug-likeness (QED) is 0.702. The molecule has 7 nitrogen and oxygen atoms in total. The third kappa shape index (κ3) is 3.42. The molecule has 2 heterocycles. The van der Waals surface area contributed by atoms with E-state index < -0.39 is 0 Å². The summed E-state index contributed by atoms with van der Waals surface area (Å²) in [5.74, 6) is 1.04. The van der Waals surface area contributed by atoms with Gasteiger partial charge >= 0.3 is 0 Å². The SMILES string of the molecule is COc1nccnc1-c1cccc(C(=O)N(C)Cc2c(C)noc2C)c1. The number of hydrogen-bond donors (Lipinski definition) is 0. The largest absolute Gasteiger partial charge is 0.479 e. The van der Waals surface area contributed by atoms with Gasteiger partial charge in [-0.25, -0.2) is 9.97 Å². The standard InChI is InChI=1S/C19H20N4O3/c1-12-16(13(2)26-22-12)11-23(3)19(24)15-7-5-6-14(10-15)17-18(25-4)21-9-8-20-17/h5-10H,11H2,1-4H3. The van der Waals surface area contributed by atoms with Crippen molar-refractivity contribution in [3.63, 3.8) is 0 Å². The predicted octanol–water partition coefficient (Wildman–Crippen LogP) is 3.03. The summed E-state index contributed by atoms with van der Waals surface area (Å²) in [7, 11) is 3.30. The molecule has 1 aromatic carbocycles. The highest BCUT2D eigenvalue weighted by atomic mass is 16.5. The maximum Gasteiger partial charge on any atom is 0.253 e. The fraction of sp³-hybridized carbons (Fsp3) is 0.263. The summed E-state index contributed by atoms with van der Waals surface area (Å²) >= 11 is 0. The molecule has 2 aromatic heterocycles. The van der Waals surface area contributed by atoms with Crippen molar-refractivity contribution in [2.75, 3.05) is 14.2 Å². The van der Waals surface area contributed by atoms with Crippen molar-refractivity contribution in [3.05, 3.63) is 59.2 Å². The summed E-state index contributed by atoms with van der Waals surface area (Å²) in [6.45, 7) is 4.14. The summed E-state index contributed by atoms with van der Waals surface area (Å²) < 4.78 is 10.4. The van der Waals surface area contributed by atoms with Gasteiger partial charge in [0.15, 0.2) is 0 Å². The molecule has 0 saturated heterocycles. The van der Waals surface area contributed by atoms with Crippen LogP contribution in [0.5, 0.6) is 5.88 Å². The molecular weight excluding hydrogens is 332 g/mol. The van der Waals surface area contributed by atoms with Crippen LogP contribution in [-0.2, 0) is 6.54 Å². The van der Waals surface area contributed by atoms with E-state index in [9.17, 15) is 4.79 Å². The Morgan fingerprint density at radius 3 is 2.69 bits per heavy atom. The molecule has 0 N–H and O–H groups in total. The fourth-order valence-electron chi connectivity index (χ4n) is 2.73. The molecule has 7 heteroatoms. The molecule has 0 atom stereocenters. The Labute approximate surface area is 151 Å². The van der Waals surface area contributed by atoms with Gasteiger partial charge in [0.2, 0.25) is 5.88 Å². The van der Waals surface area contributed by atoms with Crippen LogP contribution in [0.3, 0.4) is 0 Å². The Kier molecular flexibility index (Phi) is 4.97. The second-order valence-electron chi connectivity index (χ2n) is 5.96. The first-order valence-electron chi connectivity index (χ1n) is 8.14. The lowest BCUT2D eigenvalue weighted by atomic mass is 10.1. The highest BCUT2D eigenvalue weighted by Gasteiger charge is 2.18. The Morgan fingerprint density at radius 1 is 1.23 bits per heavy atom. The van der Waals surface area contributed by atoms with Crippen LogP contribution < -0.4 is 4.74 Å². The molecule has 0 saturated carbocycles. The van der Waals surface area contributed by atoms with E-state index in [1.807, 2.05) is 26.0 Å². The van der Waals surface area contributed by atoms with Crippen LogP contribution in [0.2, 0.25) is 0 Å². The van der Waals surface area contributed by atoms with Crippen molar-refractivity contribution < 1.29 is 14.1 Å². The number of aromatic nitrogens is 3. The number of carbonyl (C=O) groups is 1. The van der Waals surface area contributed by atoms with Crippen molar-refractivity contribution in [2.45, 2.75) is 20.4 Å². The second-order valence-corrected chi connectivity index (χ2v) is 5.96. The number of methoxy groups -OCH3 is 1. The van der Waals surface area contributed by atoms with E-state index in [0.29, 0.717) is 23.7 Å². The number of carbonyl (C=O) groups excluding carboxylic acids is 1. The van der Waals surface area contributed by atoms with Crippen molar-refractivity contribution in [2.24, 2.45) is 0 Å². The van der Waals surface area contributed by atoms with Gasteiger partial charge in [0.1, 0.15) is 11.5 Å². The molecule has 0 spiro atoms. The first-order valence-corrected chi connectivity index (χ1v) is 8.14. The van der Waals surface area contributed by atoms with E-state index in [-0.39, 0.29) is 5.91 Å². The summed E-state index contributed by atoms with van der Waals surface area (Å²) in [5.41, 5.74) is 3.64. The van der Waals surface area contributed by atoms with Gasteiger partial charge in [0.25, 0.3) is 5.91 Å². The summed E-state index contributed by atoms with van der Waals surface area (Å²) in [6, 6.07) is 7.26. The molecule has 0 unspecified atom stereocenters. The van der Waals surface area contributed by atoms with Crippen molar-refractivity contribution in [3.8, 4) is 17.1 Å². The molecule has 3 aromatic rings. The maximum absolute atomic E-state index is 12.8. The number of hydrogen-bond acceptors (Lipinski definition) is 6. The van der Waals surface area contributed by atoms with Crippen LogP contribution in [-0.4, -0.2) is 40.1 Å². The molecule has 1 amide bonds. The van der Waals surface area contributed by atoms with Crippen LogP contribution in [0.1, 0.15) is 27.4 Å². The molecule has 3 rings (SSSR count). The van der Waals surface area contributed by atoms with E-state index in [1.54, 1.807) is 43.6 Å². The predicted molar refractivity (Wildman–Crippen MR) is 95.8 cm³/mol. The number of benzene rings is 1. The van der Waals surface area contributed by atoms with Gasteiger partial charge in [-0.15, -0.1) is 0 Å². The van der Waals surface area contributed by atoms with Gasteiger partial charge < -0.3 is 14.2 Å². The smallest absolute Gasteiger partial charge is 0.253 e. The van der Waals surface area contributed by atoms with Gasteiger partial charge in [-0.3, -0.25) is 4.79 Å². The Morgan fingerprint density at radius 2 is 2.00 bits per heavy atom. The highest BCUT2D eigenvalue weighted by Crippen LogP contribution is 2.26. The molecule has 0 bridgehead atoms. The fourth-order valence-corrected chi connectivity index (χ4v) is 2.73. The third-order valence-electron chi connectivity index (χ3n) is 4.16. The Hall–Kier alpha value is -3.22. The maximum atomic E-state index is 12.8. The Bertz CT molecular complexity index is 917. The van der Waals surface area contributed by atoms with Crippen LogP contribution >= 0.6 is 0 Å². The van der Waals surface area contributed by atoms with Gasteiger partial charge in [0.05, 0.1) is 19.3 Å². The van der Waals surface area contributed by atoms with Crippen molar-refractivity contribution in [1.82, 2.24) is 20.0 Å². The number of rotatable bonds is 5. The van der Waals surface area contributed by atoms with Crippen LogP contribution in [0.15, 0.2) is 41.2 Å². The van der Waals surface area contributed by atoms with E-state index in [4.69, 9.17) is 9.26 Å². The van der Waals surface area contributed by atoms with Crippen molar-refractivity contribution >= 4 is 5.91 Å². The minimum absolute atomic E-state index is 0.102. The topological polar surface area (TPSA) is 81.4 Å².